The van der Waals surface area contributed by atoms with E-state index in [-0.39, 0.29) is 5.41 Å². The van der Waals surface area contributed by atoms with E-state index in [2.05, 4.69) is 39.3 Å². The molecule has 0 saturated heterocycles. The number of nitrogens with one attached hydrogen (secondary N) is 2. The first-order valence-corrected chi connectivity index (χ1v) is 8.87. The predicted octanol–water partition coefficient (Wildman–Crippen LogP) is 4.13. The van der Waals surface area contributed by atoms with Crippen LogP contribution in [0, 0.1) is 11.4 Å². The van der Waals surface area contributed by atoms with Gasteiger partial charge in [0, 0.05) is 41.8 Å². The van der Waals surface area contributed by atoms with Crippen molar-refractivity contribution >= 4 is 5.82 Å². The van der Waals surface area contributed by atoms with Gasteiger partial charge in [-0.3, -0.25) is 10.1 Å². The Kier molecular flexibility index (Phi) is 4.18. The molecule has 3 aromatic heterocycles. The second-order valence-corrected chi connectivity index (χ2v) is 7.64. The van der Waals surface area contributed by atoms with Gasteiger partial charge in [-0.1, -0.05) is 13.8 Å². The van der Waals surface area contributed by atoms with Crippen molar-refractivity contribution in [1.82, 2.24) is 20.2 Å². The molecule has 0 bridgehead atoms. The topological polar surface area (TPSA) is 66.5 Å². The highest BCUT2D eigenvalue weighted by Crippen LogP contribution is 2.38. The van der Waals surface area contributed by atoms with Gasteiger partial charge in [0.2, 0.25) is 5.95 Å². The summed E-state index contributed by atoms with van der Waals surface area (Å²) < 4.78 is 14.1. The fraction of sp³-hybridized carbons (Fsp3) is 0.350. The predicted molar refractivity (Wildman–Crippen MR) is 99.1 cm³/mol. The second-order valence-electron chi connectivity index (χ2n) is 7.64. The Labute approximate surface area is 152 Å². The van der Waals surface area contributed by atoms with E-state index >= 15 is 0 Å². The van der Waals surface area contributed by atoms with Gasteiger partial charge in [0.25, 0.3) is 0 Å². The lowest BCUT2D eigenvalue weighted by Crippen LogP contribution is -2.21. The Morgan fingerprint density at radius 2 is 2.04 bits per heavy atom. The second kappa shape index (κ2) is 6.52. The summed E-state index contributed by atoms with van der Waals surface area (Å²) in [7, 11) is 0. The fourth-order valence-corrected chi connectivity index (χ4v) is 3.50. The molecule has 0 unspecified atom stereocenters. The van der Waals surface area contributed by atoms with Crippen LogP contribution in [0.1, 0.15) is 37.1 Å². The van der Waals surface area contributed by atoms with Crippen LogP contribution < -0.4 is 5.32 Å². The Morgan fingerprint density at radius 3 is 2.85 bits per heavy atom. The van der Waals surface area contributed by atoms with Crippen molar-refractivity contribution in [2.45, 2.75) is 39.7 Å². The van der Waals surface area contributed by atoms with Gasteiger partial charge in [-0.15, -0.1) is 0 Å². The van der Waals surface area contributed by atoms with Crippen LogP contribution in [0.3, 0.4) is 0 Å². The molecule has 0 fully saturated rings. The van der Waals surface area contributed by atoms with Crippen LogP contribution in [-0.4, -0.2) is 20.2 Å². The van der Waals surface area contributed by atoms with Crippen LogP contribution in [0.15, 0.2) is 36.7 Å². The zero-order valence-corrected chi connectivity index (χ0v) is 15.0. The maximum atomic E-state index is 14.1. The lowest BCUT2D eigenvalue weighted by atomic mass is 9.76. The SMILES string of the molecule is CC1(C)CCc2c(-c3cc(F)nc(NCc4ccncc4)c3)n[nH]c2C1. The third-order valence-corrected chi connectivity index (χ3v) is 4.95. The summed E-state index contributed by atoms with van der Waals surface area (Å²) in [6, 6.07) is 7.15. The van der Waals surface area contributed by atoms with E-state index in [4.69, 9.17) is 0 Å². The summed E-state index contributed by atoms with van der Waals surface area (Å²) >= 11 is 0. The first kappa shape index (κ1) is 16.7. The van der Waals surface area contributed by atoms with E-state index in [1.165, 1.54) is 17.3 Å². The number of hydrogen-bond acceptors (Lipinski definition) is 4. The molecule has 0 atom stereocenters. The molecule has 2 N–H and O–H groups in total. The number of hydrogen-bond donors (Lipinski definition) is 2. The number of aromatic amines is 1. The Balaban J connectivity index is 1.60. The van der Waals surface area contributed by atoms with Gasteiger partial charge in [-0.05, 0) is 48.4 Å². The summed E-state index contributed by atoms with van der Waals surface area (Å²) in [5.41, 5.74) is 5.30. The molecule has 26 heavy (non-hydrogen) atoms. The molecule has 134 valence electrons. The van der Waals surface area contributed by atoms with Crippen LogP contribution in [0.4, 0.5) is 10.2 Å². The van der Waals surface area contributed by atoms with Gasteiger partial charge < -0.3 is 5.32 Å². The maximum absolute atomic E-state index is 14.1. The highest BCUT2D eigenvalue weighted by Gasteiger charge is 2.29. The number of fused-ring (bicyclic) bond motifs is 1. The molecule has 0 saturated carbocycles. The molecule has 0 amide bonds. The van der Waals surface area contributed by atoms with Crippen LogP contribution in [-0.2, 0) is 19.4 Å². The van der Waals surface area contributed by atoms with E-state index in [9.17, 15) is 4.39 Å². The molecular formula is C20H22FN5. The molecule has 5 nitrogen and oxygen atoms in total. The Morgan fingerprint density at radius 1 is 1.23 bits per heavy atom. The summed E-state index contributed by atoms with van der Waals surface area (Å²) in [6.45, 7) is 5.10. The van der Waals surface area contributed by atoms with Crippen LogP contribution in [0.5, 0.6) is 0 Å². The van der Waals surface area contributed by atoms with E-state index in [0.717, 1.165) is 36.1 Å². The third-order valence-electron chi connectivity index (χ3n) is 4.95. The molecule has 1 aliphatic rings. The number of rotatable bonds is 4. The van der Waals surface area contributed by atoms with Crippen molar-refractivity contribution < 1.29 is 4.39 Å². The summed E-state index contributed by atoms with van der Waals surface area (Å²) in [5, 5.41) is 10.8. The van der Waals surface area contributed by atoms with Crippen LogP contribution in [0.2, 0.25) is 0 Å². The molecule has 3 aromatic rings. The normalized spacial score (nSPS) is 15.5. The highest BCUT2D eigenvalue weighted by molar-refractivity contribution is 5.67. The summed E-state index contributed by atoms with van der Waals surface area (Å²) in [4.78, 5) is 7.96. The van der Waals surface area contributed by atoms with Gasteiger partial charge in [-0.2, -0.15) is 9.49 Å². The van der Waals surface area contributed by atoms with Crippen molar-refractivity contribution in [2.24, 2.45) is 5.41 Å². The maximum Gasteiger partial charge on any atom is 0.215 e. The average molecular weight is 351 g/mol. The number of aromatic nitrogens is 4. The molecule has 0 radical (unpaired) electrons. The minimum absolute atomic E-state index is 0.275. The van der Waals surface area contributed by atoms with Crippen LogP contribution >= 0.6 is 0 Å². The first-order chi connectivity index (χ1) is 12.5. The molecule has 0 spiro atoms. The van der Waals surface area contributed by atoms with E-state index in [0.29, 0.717) is 12.4 Å². The van der Waals surface area contributed by atoms with Crippen molar-refractivity contribution in [2.75, 3.05) is 5.32 Å². The third kappa shape index (κ3) is 3.45. The van der Waals surface area contributed by atoms with E-state index < -0.39 is 5.95 Å². The first-order valence-electron chi connectivity index (χ1n) is 8.87. The van der Waals surface area contributed by atoms with Gasteiger partial charge in [0.05, 0.1) is 5.69 Å². The lowest BCUT2D eigenvalue weighted by molar-refractivity contribution is 0.312. The van der Waals surface area contributed by atoms with Crippen molar-refractivity contribution in [1.29, 1.82) is 0 Å². The zero-order chi connectivity index (χ0) is 18.1. The quantitative estimate of drug-likeness (QED) is 0.694. The van der Waals surface area contributed by atoms with Gasteiger partial charge in [-0.25, -0.2) is 4.98 Å². The van der Waals surface area contributed by atoms with Gasteiger partial charge >= 0.3 is 0 Å². The van der Waals surface area contributed by atoms with Gasteiger partial charge in [0.1, 0.15) is 5.82 Å². The molecule has 1 aliphatic carbocycles. The number of pyridine rings is 2. The van der Waals surface area contributed by atoms with Crippen molar-refractivity contribution in [3.63, 3.8) is 0 Å². The highest BCUT2D eigenvalue weighted by atomic mass is 19.1. The molecular weight excluding hydrogens is 329 g/mol. The smallest absolute Gasteiger partial charge is 0.215 e. The fourth-order valence-electron chi connectivity index (χ4n) is 3.50. The Bertz CT molecular complexity index is 917. The lowest BCUT2D eigenvalue weighted by Gasteiger charge is -2.29. The number of anilines is 1. The largest absolute Gasteiger partial charge is 0.366 e. The number of H-pyrrole nitrogens is 1. The molecule has 0 aromatic carbocycles. The Hall–Kier alpha value is -2.76. The minimum Gasteiger partial charge on any atom is -0.366 e. The standard InChI is InChI=1S/C20H22FN5/c1-20(2)6-3-15-16(11-20)25-26-19(15)14-9-17(21)24-18(10-14)23-12-13-4-7-22-8-5-13/h4-5,7-10H,3,6,11-12H2,1-2H3,(H,23,24)(H,25,26). The number of halogens is 1. The summed E-state index contributed by atoms with van der Waals surface area (Å²) in [5.74, 6) is -0.00248. The van der Waals surface area contributed by atoms with Crippen molar-refractivity contribution in [3.8, 4) is 11.3 Å². The minimum atomic E-state index is -0.507. The monoisotopic (exact) mass is 351 g/mol. The molecule has 4 rings (SSSR count). The zero-order valence-electron chi connectivity index (χ0n) is 15.0. The van der Waals surface area contributed by atoms with E-state index in [1.54, 1.807) is 12.4 Å². The van der Waals surface area contributed by atoms with Crippen LogP contribution in [0.25, 0.3) is 11.3 Å². The molecule has 0 aliphatic heterocycles. The average Bonchev–Trinajstić information content (AvgIpc) is 3.02. The summed E-state index contributed by atoms with van der Waals surface area (Å²) in [6.07, 6.45) is 6.50. The molecule has 3 heterocycles. The van der Waals surface area contributed by atoms with Crippen molar-refractivity contribution in [3.05, 3.63) is 59.4 Å². The number of nitrogens with zero attached hydrogens (tertiary/aromatic N) is 3. The molecule has 6 heteroatoms. The van der Waals surface area contributed by atoms with Gasteiger partial charge in [0.15, 0.2) is 0 Å². The van der Waals surface area contributed by atoms with E-state index in [1.807, 2.05) is 18.2 Å².